The number of aryl methyl sites for hydroxylation is 1. The van der Waals surface area contributed by atoms with Gasteiger partial charge < -0.3 is 9.55 Å². The molecule has 0 spiro atoms. The zero-order valence-electron chi connectivity index (χ0n) is 9.68. The fourth-order valence-electron chi connectivity index (χ4n) is 2.62. The lowest BCUT2D eigenvalue weighted by Crippen LogP contribution is -2.26. The minimum Gasteiger partial charge on any atom is -0.337 e. The summed E-state index contributed by atoms with van der Waals surface area (Å²) in [5, 5.41) is 0. The van der Waals surface area contributed by atoms with Crippen LogP contribution in [0.4, 0.5) is 0 Å². The number of hydrogen-bond acceptors (Lipinski definition) is 1. The van der Waals surface area contributed by atoms with Crippen molar-refractivity contribution in [2.24, 2.45) is 5.41 Å². The third-order valence-electron chi connectivity index (χ3n) is 3.68. The predicted octanol–water partition coefficient (Wildman–Crippen LogP) is 3.82. The number of nitrogens with one attached hydrogen (secondary N) is 1. The molecule has 1 aliphatic rings. The van der Waals surface area contributed by atoms with E-state index < -0.39 is 0 Å². The maximum absolute atomic E-state index is 5.30. The molecule has 2 rings (SSSR count). The largest absolute Gasteiger partial charge is 0.337 e. The Hall–Kier alpha value is -0.570. The van der Waals surface area contributed by atoms with Gasteiger partial charge in [0.1, 0.15) is 0 Å². The molecule has 0 unspecified atom stereocenters. The van der Waals surface area contributed by atoms with Gasteiger partial charge in [-0.15, -0.1) is 0 Å². The smallest absolute Gasteiger partial charge is 0.177 e. The van der Waals surface area contributed by atoms with Crippen molar-refractivity contribution in [1.82, 2.24) is 9.55 Å². The van der Waals surface area contributed by atoms with E-state index in [1.807, 2.05) is 6.20 Å². The van der Waals surface area contributed by atoms with Crippen molar-refractivity contribution in [3.05, 3.63) is 16.7 Å². The quantitative estimate of drug-likeness (QED) is 0.757. The molecule has 3 heteroatoms. The van der Waals surface area contributed by atoms with Crippen LogP contribution in [-0.2, 0) is 6.54 Å². The van der Waals surface area contributed by atoms with E-state index in [1.54, 1.807) is 0 Å². The fourth-order valence-corrected chi connectivity index (χ4v) is 2.89. The van der Waals surface area contributed by atoms with Crippen LogP contribution in [-0.4, -0.2) is 9.55 Å². The summed E-state index contributed by atoms with van der Waals surface area (Å²) in [7, 11) is 0. The van der Waals surface area contributed by atoms with E-state index in [4.69, 9.17) is 12.2 Å². The van der Waals surface area contributed by atoms with Crippen molar-refractivity contribution in [2.75, 3.05) is 0 Å². The molecule has 1 heterocycles. The minimum absolute atomic E-state index is 0.462. The van der Waals surface area contributed by atoms with Crippen molar-refractivity contribution >= 4 is 12.2 Å². The second-order valence-electron chi connectivity index (χ2n) is 5.19. The standard InChI is InChI=1S/C12H20N2S/c1-10-8-13-11(15)14(10)9-12(2)6-4-3-5-7-12/h8H,3-7,9H2,1-2H3,(H,13,15). The van der Waals surface area contributed by atoms with E-state index in [1.165, 1.54) is 37.8 Å². The first-order chi connectivity index (χ1) is 7.11. The van der Waals surface area contributed by atoms with Gasteiger partial charge >= 0.3 is 0 Å². The van der Waals surface area contributed by atoms with Gasteiger partial charge in [0.05, 0.1) is 0 Å². The van der Waals surface area contributed by atoms with Crippen molar-refractivity contribution in [3.8, 4) is 0 Å². The van der Waals surface area contributed by atoms with Gasteiger partial charge in [-0.25, -0.2) is 0 Å². The third kappa shape index (κ3) is 2.33. The number of hydrogen-bond donors (Lipinski definition) is 1. The topological polar surface area (TPSA) is 20.7 Å². The Morgan fingerprint density at radius 1 is 1.40 bits per heavy atom. The highest BCUT2D eigenvalue weighted by Gasteiger charge is 2.27. The normalized spacial score (nSPS) is 20.4. The van der Waals surface area contributed by atoms with Gasteiger partial charge in [-0.3, -0.25) is 0 Å². The van der Waals surface area contributed by atoms with E-state index in [0.29, 0.717) is 5.41 Å². The summed E-state index contributed by atoms with van der Waals surface area (Å²) in [5.74, 6) is 0. The third-order valence-corrected chi connectivity index (χ3v) is 4.01. The molecule has 84 valence electrons. The number of aromatic amines is 1. The van der Waals surface area contributed by atoms with Gasteiger partial charge in [-0.05, 0) is 37.4 Å². The number of H-pyrrole nitrogens is 1. The SMILES string of the molecule is Cc1c[nH]c(=S)n1CC1(C)CCCCC1. The molecule has 2 nitrogen and oxygen atoms in total. The Balaban J connectivity index is 2.17. The van der Waals surface area contributed by atoms with Crippen molar-refractivity contribution < 1.29 is 0 Å². The van der Waals surface area contributed by atoms with Crippen LogP contribution in [0.1, 0.15) is 44.7 Å². The average Bonchev–Trinajstić information content (AvgIpc) is 2.50. The molecule has 15 heavy (non-hydrogen) atoms. The first-order valence-corrected chi connectivity index (χ1v) is 6.26. The molecule has 1 aromatic heterocycles. The fraction of sp³-hybridized carbons (Fsp3) is 0.750. The molecule has 0 saturated heterocycles. The summed E-state index contributed by atoms with van der Waals surface area (Å²) in [5.41, 5.74) is 1.72. The summed E-state index contributed by atoms with van der Waals surface area (Å²) in [6, 6.07) is 0. The zero-order valence-corrected chi connectivity index (χ0v) is 10.5. The molecule has 0 aliphatic heterocycles. The van der Waals surface area contributed by atoms with Crippen LogP contribution in [0, 0.1) is 17.1 Å². The number of imidazole rings is 1. The molecule has 0 atom stereocenters. The number of rotatable bonds is 2. The van der Waals surface area contributed by atoms with E-state index in [-0.39, 0.29) is 0 Å². The molecular weight excluding hydrogens is 204 g/mol. The first-order valence-electron chi connectivity index (χ1n) is 5.86. The lowest BCUT2D eigenvalue weighted by Gasteiger charge is -2.34. The highest BCUT2D eigenvalue weighted by Crippen LogP contribution is 2.37. The molecule has 0 radical (unpaired) electrons. The lowest BCUT2D eigenvalue weighted by atomic mass is 9.75. The summed E-state index contributed by atoms with van der Waals surface area (Å²) < 4.78 is 3.12. The molecule has 0 bridgehead atoms. The summed E-state index contributed by atoms with van der Waals surface area (Å²) >= 11 is 5.30. The van der Waals surface area contributed by atoms with Crippen molar-refractivity contribution in [1.29, 1.82) is 0 Å². The van der Waals surface area contributed by atoms with Crippen LogP contribution in [0.15, 0.2) is 6.20 Å². The summed E-state index contributed by atoms with van der Waals surface area (Å²) in [6.45, 7) is 5.61. The lowest BCUT2D eigenvalue weighted by molar-refractivity contribution is 0.181. The van der Waals surface area contributed by atoms with Crippen LogP contribution >= 0.6 is 12.2 Å². The zero-order chi connectivity index (χ0) is 10.9. The highest BCUT2D eigenvalue weighted by molar-refractivity contribution is 7.71. The monoisotopic (exact) mass is 224 g/mol. The second-order valence-corrected chi connectivity index (χ2v) is 5.58. The maximum Gasteiger partial charge on any atom is 0.177 e. The van der Waals surface area contributed by atoms with Gasteiger partial charge in [-0.1, -0.05) is 26.2 Å². The van der Waals surface area contributed by atoms with Gasteiger partial charge in [0, 0.05) is 18.4 Å². The molecule has 0 aromatic carbocycles. The van der Waals surface area contributed by atoms with Crippen LogP contribution < -0.4 is 0 Å². The Kier molecular flexibility index (Phi) is 3.01. The van der Waals surface area contributed by atoms with E-state index in [2.05, 4.69) is 23.4 Å². The van der Waals surface area contributed by atoms with E-state index in [9.17, 15) is 0 Å². The Morgan fingerprint density at radius 3 is 2.60 bits per heavy atom. The number of nitrogens with zero attached hydrogens (tertiary/aromatic N) is 1. The molecular formula is C12H20N2S. The van der Waals surface area contributed by atoms with Gasteiger partial charge in [0.25, 0.3) is 0 Å². The van der Waals surface area contributed by atoms with Crippen molar-refractivity contribution in [3.63, 3.8) is 0 Å². The average molecular weight is 224 g/mol. The van der Waals surface area contributed by atoms with Gasteiger partial charge in [0.2, 0.25) is 0 Å². The molecule has 1 N–H and O–H groups in total. The first kappa shape index (κ1) is 10.9. The molecule has 1 aliphatic carbocycles. The predicted molar refractivity (Wildman–Crippen MR) is 65.5 cm³/mol. The molecule has 0 amide bonds. The van der Waals surface area contributed by atoms with Crippen LogP contribution in [0.2, 0.25) is 0 Å². The van der Waals surface area contributed by atoms with Crippen LogP contribution in [0.5, 0.6) is 0 Å². The van der Waals surface area contributed by atoms with Gasteiger partial charge in [0.15, 0.2) is 4.77 Å². The molecule has 1 fully saturated rings. The summed E-state index contributed by atoms with van der Waals surface area (Å²) in [6.07, 6.45) is 8.88. The van der Waals surface area contributed by atoms with E-state index >= 15 is 0 Å². The van der Waals surface area contributed by atoms with Crippen LogP contribution in [0.25, 0.3) is 0 Å². The highest BCUT2D eigenvalue weighted by atomic mass is 32.1. The number of aromatic nitrogens is 2. The van der Waals surface area contributed by atoms with Crippen molar-refractivity contribution in [2.45, 2.75) is 52.5 Å². The van der Waals surface area contributed by atoms with E-state index in [0.717, 1.165) is 11.3 Å². The molecule has 1 aromatic rings. The molecule has 1 saturated carbocycles. The summed E-state index contributed by atoms with van der Waals surface area (Å²) in [4.78, 5) is 3.12. The minimum atomic E-state index is 0.462. The second kappa shape index (κ2) is 4.12. The van der Waals surface area contributed by atoms with Crippen LogP contribution in [0.3, 0.4) is 0 Å². The Bertz CT molecular complexity index is 383. The Labute approximate surface area is 96.7 Å². The Morgan fingerprint density at radius 2 is 2.07 bits per heavy atom. The maximum atomic E-state index is 5.30. The van der Waals surface area contributed by atoms with Gasteiger partial charge in [-0.2, -0.15) is 0 Å².